The number of hydrogen-bond donors (Lipinski definition) is 1. The fraction of sp³-hybridized carbons (Fsp3) is 0.167. The third-order valence-electron chi connectivity index (χ3n) is 1.06. The van der Waals surface area contributed by atoms with Crippen molar-refractivity contribution >= 4 is 6.09 Å². The van der Waals surface area contributed by atoms with Gasteiger partial charge in [0.05, 0.1) is 0 Å². The van der Waals surface area contributed by atoms with Gasteiger partial charge in [0.2, 0.25) is 0 Å². The molecule has 0 saturated heterocycles. The Kier molecular flexibility index (Phi) is 4.77. The molecule has 0 aliphatic carbocycles. The van der Waals surface area contributed by atoms with Crippen molar-refractivity contribution in [3.8, 4) is 0 Å². The van der Waals surface area contributed by atoms with Gasteiger partial charge < -0.3 is 5.11 Å². The van der Waals surface area contributed by atoms with Crippen molar-refractivity contribution in [3.63, 3.8) is 0 Å². The van der Waals surface area contributed by atoms with Gasteiger partial charge in [0.15, 0.2) is 0 Å². The zero-order valence-corrected chi connectivity index (χ0v) is 5.88. The summed E-state index contributed by atoms with van der Waals surface area (Å²) in [4.78, 5) is 11.4. The molecule has 0 atom stereocenters. The predicted octanol–water partition coefficient (Wildman–Crippen LogP) is 1.05. The van der Waals surface area contributed by atoms with Crippen molar-refractivity contribution in [2.75, 3.05) is 6.54 Å². The first kappa shape index (κ1) is 10.0. The van der Waals surface area contributed by atoms with Gasteiger partial charge >= 0.3 is 6.09 Å². The maximum absolute atomic E-state index is 10.2. The normalized spacial score (nSPS) is 14.6. The van der Waals surface area contributed by atoms with E-state index < -0.39 is 6.09 Å². The number of nitrogens with zero attached hydrogens (tertiary/aromatic N) is 1. The van der Waals surface area contributed by atoms with Gasteiger partial charge in [0, 0.05) is 50.5 Å². The van der Waals surface area contributed by atoms with Gasteiger partial charge in [-0.2, -0.15) is 0 Å². The topological polar surface area (TPSA) is 40.5 Å². The summed E-state index contributed by atoms with van der Waals surface area (Å²) in [6, 6.07) is 0. The first-order valence-electron chi connectivity index (χ1n) is 2.63. The van der Waals surface area contributed by atoms with E-state index in [1.165, 1.54) is 11.1 Å². The summed E-state index contributed by atoms with van der Waals surface area (Å²) in [6.45, 7) is 0.464. The van der Waals surface area contributed by atoms with Crippen LogP contribution >= 0.6 is 0 Å². The molecule has 0 fully saturated rings. The fourth-order valence-corrected chi connectivity index (χ4v) is 0.609. The molecule has 1 N–H and O–H groups in total. The molecular formula is C6H7ArNO2. The second kappa shape index (κ2) is 4.77. The SMILES string of the molecule is O=C(O)N1C=CC=CC1.[Ar]. The van der Waals surface area contributed by atoms with Crippen LogP contribution in [0.3, 0.4) is 0 Å². The summed E-state index contributed by atoms with van der Waals surface area (Å²) in [7, 11) is 0. The first-order valence-corrected chi connectivity index (χ1v) is 2.63. The third-order valence-corrected chi connectivity index (χ3v) is 1.06. The summed E-state index contributed by atoms with van der Waals surface area (Å²) < 4.78 is 0. The summed E-state index contributed by atoms with van der Waals surface area (Å²) in [6.07, 6.45) is 5.92. The van der Waals surface area contributed by atoms with Crippen LogP contribution in [0.2, 0.25) is 0 Å². The van der Waals surface area contributed by atoms with Crippen molar-refractivity contribution in [1.82, 2.24) is 4.90 Å². The van der Waals surface area contributed by atoms with E-state index >= 15 is 0 Å². The number of carboxylic acid groups (broad SMARTS) is 1. The molecular weight excluding hydrogens is 158 g/mol. The second-order valence-corrected chi connectivity index (χ2v) is 1.70. The van der Waals surface area contributed by atoms with Crippen molar-refractivity contribution < 1.29 is 47.6 Å². The number of carbonyl (C=O) groups is 1. The van der Waals surface area contributed by atoms with Gasteiger partial charge in [-0.15, -0.1) is 0 Å². The smallest absolute Gasteiger partial charge is 0.411 e. The molecule has 0 aromatic heterocycles. The molecule has 0 spiro atoms. The van der Waals surface area contributed by atoms with Crippen LogP contribution in [-0.2, 0) is 0 Å². The van der Waals surface area contributed by atoms with Crippen LogP contribution in [0, 0.1) is 37.7 Å². The molecule has 56 valence electrons. The maximum Gasteiger partial charge on any atom is 0.411 e. The third kappa shape index (κ3) is 2.73. The minimum absolute atomic E-state index is 0. The number of allylic oxidation sites excluding steroid dienone is 2. The van der Waals surface area contributed by atoms with Crippen LogP contribution in [-0.4, -0.2) is 22.6 Å². The number of amides is 1. The van der Waals surface area contributed by atoms with Gasteiger partial charge in [-0.05, 0) is 6.08 Å². The Bertz CT molecular complexity index is 177. The fourth-order valence-electron chi connectivity index (χ4n) is 0.609. The van der Waals surface area contributed by atoms with Crippen LogP contribution in [0.1, 0.15) is 0 Å². The molecule has 0 aromatic carbocycles. The molecule has 4 heteroatoms. The monoisotopic (exact) mass is 165 g/mol. The van der Waals surface area contributed by atoms with Gasteiger partial charge in [0.25, 0.3) is 0 Å². The Hall–Kier alpha value is 0.00974. The van der Waals surface area contributed by atoms with E-state index in [2.05, 4.69) is 0 Å². The zero-order chi connectivity index (χ0) is 6.69. The van der Waals surface area contributed by atoms with Gasteiger partial charge in [-0.25, -0.2) is 4.79 Å². The molecule has 0 radical (unpaired) electrons. The van der Waals surface area contributed by atoms with Gasteiger partial charge in [0.1, 0.15) is 0 Å². The zero-order valence-electron chi connectivity index (χ0n) is 5.17. The van der Waals surface area contributed by atoms with Crippen LogP contribution in [0.5, 0.6) is 0 Å². The number of rotatable bonds is 0. The summed E-state index contributed by atoms with van der Waals surface area (Å²) >= 11 is 0. The minimum Gasteiger partial charge on any atom is -0.465 e. The Balaban J connectivity index is 0.000000810. The van der Waals surface area contributed by atoms with Gasteiger partial charge in [-0.1, -0.05) is 12.2 Å². The molecule has 1 amide bonds. The first-order chi connectivity index (χ1) is 4.30. The average Bonchev–Trinajstić information content (AvgIpc) is 1.90. The van der Waals surface area contributed by atoms with Crippen molar-refractivity contribution in [3.05, 3.63) is 24.4 Å². The molecule has 1 aliphatic heterocycles. The Labute approximate surface area is 89.0 Å². The maximum atomic E-state index is 10.2. The van der Waals surface area contributed by atoms with Crippen molar-refractivity contribution in [2.24, 2.45) is 0 Å². The Morgan fingerprint density at radius 1 is 1.50 bits per heavy atom. The van der Waals surface area contributed by atoms with E-state index in [1.54, 1.807) is 12.2 Å². The quantitative estimate of drug-likeness (QED) is 0.582. The molecule has 0 bridgehead atoms. The van der Waals surface area contributed by atoms with Crippen LogP contribution in [0.4, 0.5) is 4.79 Å². The Morgan fingerprint density at radius 2 is 2.20 bits per heavy atom. The second-order valence-electron chi connectivity index (χ2n) is 1.70. The van der Waals surface area contributed by atoms with Crippen LogP contribution in [0.15, 0.2) is 24.4 Å². The molecule has 3 nitrogen and oxygen atoms in total. The van der Waals surface area contributed by atoms with E-state index in [4.69, 9.17) is 5.11 Å². The van der Waals surface area contributed by atoms with E-state index in [0.29, 0.717) is 6.54 Å². The van der Waals surface area contributed by atoms with Crippen LogP contribution < -0.4 is 0 Å². The molecule has 0 saturated carbocycles. The summed E-state index contributed by atoms with van der Waals surface area (Å²) in [5.74, 6) is 0. The summed E-state index contributed by atoms with van der Waals surface area (Å²) in [5, 5.41) is 8.38. The van der Waals surface area contributed by atoms with Crippen molar-refractivity contribution in [2.45, 2.75) is 0 Å². The van der Waals surface area contributed by atoms with E-state index in [1.807, 2.05) is 6.08 Å². The van der Waals surface area contributed by atoms with E-state index in [0.717, 1.165) is 0 Å². The predicted molar refractivity (Wildman–Crippen MR) is 33.0 cm³/mol. The minimum atomic E-state index is -0.907. The van der Waals surface area contributed by atoms with Crippen LogP contribution in [0.25, 0.3) is 0 Å². The largest absolute Gasteiger partial charge is 0.465 e. The molecule has 1 heterocycles. The molecule has 10 heavy (non-hydrogen) atoms. The van der Waals surface area contributed by atoms with E-state index in [-0.39, 0.29) is 37.7 Å². The Morgan fingerprint density at radius 3 is 2.50 bits per heavy atom. The van der Waals surface area contributed by atoms with Gasteiger partial charge in [-0.3, -0.25) is 4.90 Å². The molecule has 1 rings (SSSR count). The summed E-state index contributed by atoms with van der Waals surface area (Å²) in [5.41, 5.74) is 0. The van der Waals surface area contributed by atoms with Crippen molar-refractivity contribution in [1.29, 1.82) is 0 Å². The van der Waals surface area contributed by atoms with E-state index in [9.17, 15) is 4.79 Å². The number of hydrogen-bond acceptors (Lipinski definition) is 1. The molecule has 0 aromatic rings. The average molecular weight is 165 g/mol. The molecule has 0 unspecified atom stereocenters. The molecule has 1 aliphatic rings. The standard InChI is InChI=1S/C6H7NO2.Ar/c8-6(9)7-4-2-1-3-5-7;/h1-4H,5H2,(H,8,9);.